The van der Waals surface area contributed by atoms with Crippen LogP contribution in [-0.2, 0) is 19.7 Å². The normalized spacial score (nSPS) is 13.1. The van der Waals surface area contributed by atoms with Crippen LogP contribution in [0.5, 0.6) is 5.75 Å². The number of aliphatic carboxylic acids is 1. The number of esters is 1. The van der Waals surface area contributed by atoms with Gasteiger partial charge in [-0.05, 0) is 41.5 Å². The van der Waals surface area contributed by atoms with Crippen LogP contribution in [0.4, 0.5) is 0 Å². The van der Waals surface area contributed by atoms with Gasteiger partial charge in [-0.3, -0.25) is 9.59 Å². The molecule has 2 rings (SSSR count). The van der Waals surface area contributed by atoms with Gasteiger partial charge in [0.25, 0.3) is 0 Å². The number of carbonyl (C=O) groups is 2. The maximum atomic E-state index is 12.2. The van der Waals surface area contributed by atoms with Crippen LogP contribution in [0.3, 0.4) is 0 Å². The molecule has 0 fully saturated rings. The summed E-state index contributed by atoms with van der Waals surface area (Å²) in [5.41, 5.74) is -0.844. The Kier molecular flexibility index (Phi) is 7.50. The molecule has 0 aliphatic heterocycles. The van der Waals surface area contributed by atoms with Crippen molar-refractivity contribution in [3.63, 3.8) is 0 Å². The molecule has 6 nitrogen and oxygen atoms in total. The summed E-state index contributed by atoms with van der Waals surface area (Å²) >= 11 is 1.47. The fourth-order valence-corrected chi connectivity index (χ4v) is 3.25. The Morgan fingerprint density at radius 3 is 2.48 bits per heavy atom. The Morgan fingerprint density at radius 2 is 1.81 bits per heavy atom. The summed E-state index contributed by atoms with van der Waals surface area (Å²) in [5.74, 6) is 0.223. The van der Waals surface area contributed by atoms with Crippen molar-refractivity contribution >= 4 is 34.5 Å². The van der Waals surface area contributed by atoms with Gasteiger partial charge in [0, 0.05) is 11.5 Å². The zero-order valence-corrected chi connectivity index (χ0v) is 16.3. The van der Waals surface area contributed by atoms with E-state index in [1.165, 1.54) is 18.7 Å². The van der Waals surface area contributed by atoms with Gasteiger partial charge in [0.15, 0.2) is 0 Å². The van der Waals surface area contributed by atoms with Gasteiger partial charge in [0.1, 0.15) is 17.8 Å². The lowest BCUT2D eigenvalue weighted by molar-refractivity contribution is -0.152. The van der Waals surface area contributed by atoms with Crippen molar-refractivity contribution in [2.45, 2.75) is 18.8 Å². The predicted molar refractivity (Wildman–Crippen MR) is 105 cm³/mol. The summed E-state index contributed by atoms with van der Waals surface area (Å²) < 4.78 is 10.4. The number of aliphatic hydroxyl groups excluding tert-OH is 1. The lowest BCUT2D eigenvalue weighted by Crippen LogP contribution is -2.35. The number of carbonyl (C=O) groups excluding carboxylic acids is 1. The monoisotopic (exact) mass is 392 g/mol. The van der Waals surface area contributed by atoms with E-state index in [4.69, 9.17) is 14.6 Å². The highest BCUT2D eigenvalue weighted by Crippen LogP contribution is 2.32. The maximum absolute atomic E-state index is 12.2. The van der Waals surface area contributed by atoms with Gasteiger partial charge in [0.05, 0.1) is 20.1 Å². The van der Waals surface area contributed by atoms with Gasteiger partial charge < -0.3 is 19.7 Å². The van der Waals surface area contributed by atoms with E-state index in [0.29, 0.717) is 17.1 Å². The number of thioether (sulfide) groups is 1. The molecule has 146 valence electrons. The highest BCUT2D eigenvalue weighted by Gasteiger charge is 2.38. The Balaban J connectivity index is 2.16. The number of ether oxygens (including phenoxy) is 2. The summed E-state index contributed by atoms with van der Waals surface area (Å²) in [7, 11) is 1.59. The number of rotatable bonds is 10. The zero-order valence-electron chi connectivity index (χ0n) is 15.4. The summed E-state index contributed by atoms with van der Waals surface area (Å²) in [4.78, 5) is 24.1. The van der Waals surface area contributed by atoms with E-state index in [9.17, 15) is 14.7 Å². The van der Waals surface area contributed by atoms with E-state index in [0.717, 1.165) is 16.5 Å². The van der Waals surface area contributed by atoms with Gasteiger partial charge >= 0.3 is 11.9 Å². The number of aliphatic hydroxyl groups is 1. The molecular formula is C20H24O6S. The highest BCUT2D eigenvalue weighted by molar-refractivity contribution is 7.99. The summed E-state index contributed by atoms with van der Waals surface area (Å²) in [5, 5.41) is 20.3. The summed E-state index contributed by atoms with van der Waals surface area (Å²) in [6, 6.07) is 10.9. The molecule has 0 saturated carbocycles. The molecule has 1 atom stereocenters. The molecular weight excluding hydrogens is 368 g/mol. The third-order valence-corrected chi connectivity index (χ3v) is 5.31. The Hall–Kier alpha value is -2.25. The van der Waals surface area contributed by atoms with Crippen LogP contribution in [0.15, 0.2) is 36.4 Å². The average molecular weight is 392 g/mol. The predicted octanol–water partition coefficient (Wildman–Crippen LogP) is 2.85. The molecule has 0 saturated heterocycles. The van der Waals surface area contributed by atoms with Crippen LogP contribution in [0.25, 0.3) is 10.8 Å². The Morgan fingerprint density at radius 1 is 1.11 bits per heavy atom. The first-order valence-corrected chi connectivity index (χ1v) is 9.72. The van der Waals surface area contributed by atoms with Gasteiger partial charge in [-0.15, -0.1) is 0 Å². The standard InChI is InChI=1S/C20H24O6S/c1-20(19(23)24,13-18(22)26-8-10-27-9-7-21)16-5-3-15-12-17(25-2)6-4-14(15)11-16/h3-6,11-12,21H,7-10,13H2,1-2H3,(H,23,24). The third kappa shape index (κ3) is 5.37. The van der Waals surface area contributed by atoms with Crippen molar-refractivity contribution in [1.29, 1.82) is 0 Å². The largest absolute Gasteiger partial charge is 0.497 e. The van der Waals surface area contributed by atoms with Gasteiger partial charge in [-0.25, -0.2) is 0 Å². The molecule has 2 aromatic carbocycles. The number of methoxy groups -OCH3 is 1. The molecule has 0 aromatic heterocycles. The molecule has 0 spiro atoms. The molecule has 7 heteroatoms. The van der Waals surface area contributed by atoms with E-state index in [2.05, 4.69) is 0 Å². The number of benzene rings is 2. The minimum atomic E-state index is -1.39. The second-order valence-electron chi connectivity index (χ2n) is 6.30. The average Bonchev–Trinajstić information content (AvgIpc) is 2.66. The lowest BCUT2D eigenvalue weighted by atomic mass is 9.79. The van der Waals surface area contributed by atoms with E-state index in [1.54, 1.807) is 19.2 Å². The van der Waals surface area contributed by atoms with Crippen LogP contribution >= 0.6 is 11.8 Å². The molecule has 0 aliphatic rings. The number of hydrogen-bond donors (Lipinski definition) is 2. The van der Waals surface area contributed by atoms with Crippen molar-refractivity contribution in [2.24, 2.45) is 0 Å². The van der Waals surface area contributed by atoms with Gasteiger partial charge in [-0.1, -0.05) is 18.2 Å². The quantitative estimate of drug-likeness (QED) is 0.474. The van der Waals surface area contributed by atoms with Crippen LogP contribution in [-0.4, -0.2) is 54.0 Å². The Bertz CT molecular complexity index is 806. The Labute approximate surface area is 162 Å². The van der Waals surface area contributed by atoms with Crippen molar-refractivity contribution < 1.29 is 29.3 Å². The van der Waals surface area contributed by atoms with Crippen LogP contribution < -0.4 is 4.74 Å². The fraction of sp³-hybridized carbons (Fsp3) is 0.400. The second-order valence-corrected chi connectivity index (χ2v) is 7.52. The van der Waals surface area contributed by atoms with Crippen molar-refractivity contribution in [1.82, 2.24) is 0 Å². The molecule has 1 unspecified atom stereocenters. The number of carboxylic acids is 1. The third-order valence-electron chi connectivity index (χ3n) is 4.38. The van der Waals surface area contributed by atoms with E-state index in [1.807, 2.05) is 24.3 Å². The minimum Gasteiger partial charge on any atom is -0.497 e. The van der Waals surface area contributed by atoms with E-state index in [-0.39, 0.29) is 19.6 Å². The molecule has 2 aromatic rings. The first kappa shape index (κ1) is 21.1. The van der Waals surface area contributed by atoms with Crippen LogP contribution in [0.2, 0.25) is 0 Å². The van der Waals surface area contributed by atoms with Crippen molar-refractivity contribution in [3.05, 3.63) is 42.0 Å². The summed E-state index contributed by atoms with van der Waals surface area (Å²) in [6.07, 6.45) is -0.255. The first-order chi connectivity index (χ1) is 12.9. The first-order valence-electron chi connectivity index (χ1n) is 8.56. The zero-order chi connectivity index (χ0) is 19.9. The van der Waals surface area contributed by atoms with Crippen LogP contribution in [0, 0.1) is 0 Å². The molecule has 0 amide bonds. The minimum absolute atomic E-state index is 0.0730. The molecule has 27 heavy (non-hydrogen) atoms. The van der Waals surface area contributed by atoms with Crippen LogP contribution in [0.1, 0.15) is 18.9 Å². The second kappa shape index (κ2) is 9.62. The number of hydrogen-bond acceptors (Lipinski definition) is 6. The van der Waals surface area contributed by atoms with E-state index >= 15 is 0 Å². The summed E-state index contributed by atoms with van der Waals surface area (Å²) in [6.45, 7) is 1.79. The van der Waals surface area contributed by atoms with Gasteiger partial charge in [-0.2, -0.15) is 11.8 Å². The topological polar surface area (TPSA) is 93.1 Å². The van der Waals surface area contributed by atoms with Gasteiger partial charge in [0.2, 0.25) is 0 Å². The molecule has 0 aliphatic carbocycles. The fourth-order valence-electron chi connectivity index (χ4n) is 2.72. The highest BCUT2D eigenvalue weighted by atomic mass is 32.2. The number of fused-ring (bicyclic) bond motifs is 1. The SMILES string of the molecule is COc1ccc2cc(C(C)(CC(=O)OCCSCCO)C(=O)O)ccc2c1. The maximum Gasteiger partial charge on any atom is 0.314 e. The molecule has 2 N–H and O–H groups in total. The molecule has 0 bridgehead atoms. The smallest absolute Gasteiger partial charge is 0.314 e. The van der Waals surface area contributed by atoms with Crippen molar-refractivity contribution in [3.8, 4) is 5.75 Å². The molecule has 0 heterocycles. The lowest BCUT2D eigenvalue weighted by Gasteiger charge is -2.25. The van der Waals surface area contributed by atoms with Crippen molar-refractivity contribution in [2.75, 3.05) is 31.8 Å². The van der Waals surface area contributed by atoms with E-state index < -0.39 is 17.4 Å². The molecule has 0 radical (unpaired) electrons. The number of carboxylic acid groups (broad SMARTS) is 1.